The average molecular weight is 316 g/mol. The van der Waals surface area contributed by atoms with Crippen molar-refractivity contribution in [2.75, 3.05) is 20.3 Å². The molecule has 0 unspecified atom stereocenters. The van der Waals surface area contributed by atoms with Gasteiger partial charge in [0.05, 0.1) is 12.7 Å². The molecule has 1 aromatic carbocycles. The van der Waals surface area contributed by atoms with Gasteiger partial charge in [0, 0.05) is 17.6 Å². The van der Waals surface area contributed by atoms with Gasteiger partial charge < -0.3 is 15.2 Å². The van der Waals surface area contributed by atoms with E-state index in [1.54, 1.807) is 19.2 Å². The monoisotopic (exact) mass is 315 g/mol. The first-order valence-corrected chi connectivity index (χ1v) is 6.71. The standard InChI is InChI=1S/C13H18BrNO3/c1-18-12-9-10(14)5-6-11(12)13(17)15-7-3-2-4-8-16/h5-6,9,16H,2-4,7-8H2,1H3,(H,15,17). The number of nitrogens with one attached hydrogen (secondary N) is 1. The molecule has 0 aliphatic carbocycles. The van der Waals surface area contributed by atoms with Crippen molar-refractivity contribution in [2.45, 2.75) is 19.3 Å². The Morgan fingerprint density at radius 2 is 2.17 bits per heavy atom. The van der Waals surface area contributed by atoms with Gasteiger partial charge in [-0.25, -0.2) is 0 Å². The van der Waals surface area contributed by atoms with Crippen LogP contribution in [0.5, 0.6) is 5.75 Å². The van der Waals surface area contributed by atoms with Crippen molar-refractivity contribution in [3.63, 3.8) is 0 Å². The van der Waals surface area contributed by atoms with Crippen LogP contribution < -0.4 is 10.1 Å². The topological polar surface area (TPSA) is 58.6 Å². The van der Waals surface area contributed by atoms with Gasteiger partial charge in [-0.1, -0.05) is 15.9 Å². The van der Waals surface area contributed by atoms with E-state index in [1.165, 1.54) is 0 Å². The lowest BCUT2D eigenvalue weighted by atomic mass is 10.2. The summed E-state index contributed by atoms with van der Waals surface area (Å²) in [5, 5.41) is 11.5. The predicted molar refractivity (Wildman–Crippen MR) is 74.0 cm³/mol. The van der Waals surface area contributed by atoms with Crippen molar-refractivity contribution >= 4 is 21.8 Å². The summed E-state index contributed by atoms with van der Waals surface area (Å²) in [4.78, 5) is 11.9. The van der Waals surface area contributed by atoms with Crippen molar-refractivity contribution in [1.29, 1.82) is 0 Å². The van der Waals surface area contributed by atoms with Gasteiger partial charge in [-0.3, -0.25) is 4.79 Å². The second-order valence-corrected chi connectivity index (χ2v) is 4.80. The summed E-state index contributed by atoms with van der Waals surface area (Å²) < 4.78 is 6.04. The van der Waals surface area contributed by atoms with Crippen molar-refractivity contribution in [2.24, 2.45) is 0 Å². The zero-order valence-electron chi connectivity index (χ0n) is 10.4. The summed E-state index contributed by atoms with van der Waals surface area (Å²) in [7, 11) is 1.54. The van der Waals surface area contributed by atoms with Crippen molar-refractivity contribution in [1.82, 2.24) is 5.32 Å². The van der Waals surface area contributed by atoms with Gasteiger partial charge in [0.25, 0.3) is 5.91 Å². The summed E-state index contributed by atoms with van der Waals surface area (Å²) in [6, 6.07) is 5.30. The molecule has 1 amide bonds. The van der Waals surface area contributed by atoms with E-state index in [0.717, 1.165) is 23.7 Å². The van der Waals surface area contributed by atoms with Gasteiger partial charge in [-0.05, 0) is 37.5 Å². The van der Waals surface area contributed by atoms with Crippen LogP contribution in [-0.4, -0.2) is 31.3 Å². The molecule has 1 rings (SSSR count). The number of methoxy groups -OCH3 is 1. The summed E-state index contributed by atoms with van der Waals surface area (Å²) in [5.41, 5.74) is 0.530. The normalized spacial score (nSPS) is 10.2. The van der Waals surface area contributed by atoms with E-state index in [1.807, 2.05) is 6.07 Å². The van der Waals surface area contributed by atoms with Crippen LogP contribution in [0, 0.1) is 0 Å². The quantitative estimate of drug-likeness (QED) is 0.759. The Balaban J connectivity index is 2.51. The molecule has 0 aromatic heterocycles. The van der Waals surface area contributed by atoms with E-state index in [2.05, 4.69) is 21.2 Å². The molecule has 0 spiro atoms. The van der Waals surface area contributed by atoms with Crippen LogP contribution in [0.15, 0.2) is 22.7 Å². The SMILES string of the molecule is COc1cc(Br)ccc1C(=O)NCCCCCO. The maximum absolute atomic E-state index is 11.9. The number of hydrogen-bond donors (Lipinski definition) is 2. The fourth-order valence-electron chi connectivity index (χ4n) is 1.56. The molecule has 0 saturated carbocycles. The van der Waals surface area contributed by atoms with Gasteiger partial charge in [0.15, 0.2) is 0 Å². The van der Waals surface area contributed by atoms with Crippen LogP contribution in [0.1, 0.15) is 29.6 Å². The fraction of sp³-hybridized carbons (Fsp3) is 0.462. The Morgan fingerprint density at radius 1 is 1.39 bits per heavy atom. The number of halogens is 1. The van der Waals surface area contributed by atoms with Gasteiger partial charge in [-0.2, -0.15) is 0 Å². The predicted octanol–water partition coefficient (Wildman–Crippen LogP) is 2.35. The van der Waals surface area contributed by atoms with E-state index < -0.39 is 0 Å². The first kappa shape index (κ1) is 15.0. The summed E-state index contributed by atoms with van der Waals surface area (Å²) in [6.07, 6.45) is 2.55. The highest BCUT2D eigenvalue weighted by Crippen LogP contribution is 2.23. The largest absolute Gasteiger partial charge is 0.496 e. The van der Waals surface area contributed by atoms with Crippen molar-refractivity contribution < 1.29 is 14.6 Å². The molecular weight excluding hydrogens is 298 g/mol. The maximum atomic E-state index is 11.9. The van der Waals surface area contributed by atoms with E-state index in [0.29, 0.717) is 17.9 Å². The molecule has 0 radical (unpaired) electrons. The minimum Gasteiger partial charge on any atom is -0.496 e. The van der Waals surface area contributed by atoms with Crippen LogP contribution in [0.4, 0.5) is 0 Å². The molecule has 5 heteroatoms. The van der Waals surface area contributed by atoms with Crippen LogP contribution in [0.25, 0.3) is 0 Å². The fourth-order valence-corrected chi connectivity index (χ4v) is 1.90. The molecular formula is C13H18BrNO3. The minimum absolute atomic E-state index is 0.136. The molecule has 0 saturated heterocycles. The third kappa shape index (κ3) is 4.66. The lowest BCUT2D eigenvalue weighted by molar-refractivity contribution is 0.0950. The van der Waals surface area contributed by atoms with Gasteiger partial charge in [0.1, 0.15) is 5.75 Å². The van der Waals surface area contributed by atoms with Crippen LogP contribution in [0.2, 0.25) is 0 Å². The van der Waals surface area contributed by atoms with E-state index >= 15 is 0 Å². The second-order valence-electron chi connectivity index (χ2n) is 3.88. The Hall–Kier alpha value is -1.07. The van der Waals surface area contributed by atoms with Crippen LogP contribution >= 0.6 is 15.9 Å². The number of hydrogen-bond acceptors (Lipinski definition) is 3. The highest BCUT2D eigenvalue weighted by molar-refractivity contribution is 9.10. The first-order chi connectivity index (χ1) is 8.69. The summed E-state index contributed by atoms with van der Waals surface area (Å²) in [5.74, 6) is 0.417. The molecule has 18 heavy (non-hydrogen) atoms. The minimum atomic E-state index is -0.136. The number of carbonyl (C=O) groups excluding carboxylic acids is 1. The Kier molecular flexibility index (Phi) is 6.75. The molecule has 0 heterocycles. The molecule has 4 nitrogen and oxygen atoms in total. The number of benzene rings is 1. The summed E-state index contributed by atoms with van der Waals surface area (Å²) >= 11 is 3.33. The Bertz CT molecular complexity index is 396. The number of amides is 1. The molecule has 1 aromatic rings. The highest BCUT2D eigenvalue weighted by atomic mass is 79.9. The number of rotatable bonds is 7. The number of aliphatic hydroxyl groups is 1. The smallest absolute Gasteiger partial charge is 0.255 e. The van der Waals surface area contributed by atoms with E-state index in [-0.39, 0.29) is 12.5 Å². The average Bonchev–Trinajstić information content (AvgIpc) is 2.38. The first-order valence-electron chi connectivity index (χ1n) is 5.91. The van der Waals surface area contributed by atoms with Crippen LogP contribution in [0.3, 0.4) is 0 Å². The third-order valence-corrected chi connectivity index (χ3v) is 3.02. The van der Waals surface area contributed by atoms with Gasteiger partial charge in [-0.15, -0.1) is 0 Å². The molecule has 0 aliphatic rings. The number of ether oxygens (including phenoxy) is 1. The number of carbonyl (C=O) groups is 1. The Morgan fingerprint density at radius 3 is 2.83 bits per heavy atom. The molecule has 0 bridgehead atoms. The second kappa shape index (κ2) is 8.11. The number of aliphatic hydroxyl groups excluding tert-OH is 1. The molecule has 0 atom stereocenters. The third-order valence-electron chi connectivity index (χ3n) is 2.53. The number of unbranched alkanes of at least 4 members (excludes halogenated alkanes) is 2. The highest BCUT2D eigenvalue weighted by Gasteiger charge is 2.11. The lowest BCUT2D eigenvalue weighted by Gasteiger charge is -2.09. The molecule has 2 N–H and O–H groups in total. The zero-order valence-corrected chi connectivity index (χ0v) is 12.0. The molecule has 0 fully saturated rings. The van der Waals surface area contributed by atoms with Gasteiger partial charge in [0.2, 0.25) is 0 Å². The lowest BCUT2D eigenvalue weighted by Crippen LogP contribution is -2.24. The van der Waals surface area contributed by atoms with Crippen molar-refractivity contribution in [3.05, 3.63) is 28.2 Å². The van der Waals surface area contributed by atoms with Crippen molar-refractivity contribution in [3.8, 4) is 5.75 Å². The maximum Gasteiger partial charge on any atom is 0.255 e. The van der Waals surface area contributed by atoms with Crippen LogP contribution in [-0.2, 0) is 0 Å². The molecule has 100 valence electrons. The molecule has 0 aliphatic heterocycles. The van der Waals surface area contributed by atoms with E-state index in [9.17, 15) is 4.79 Å². The summed E-state index contributed by atoms with van der Waals surface area (Å²) in [6.45, 7) is 0.812. The van der Waals surface area contributed by atoms with E-state index in [4.69, 9.17) is 9.84 Å². The Labute approximate surface area is 115 Å². The van der Waals surface area contributed by atoms with Gasteiger partial charge >= 0.3 is 0 Å². The zero-order chi connectivity index (χ0) is 13.4.